The summed E-state index contributed by atoms with van der Waals surface area (Å²) in [5, 5.41) is 28.3. The maximum absolute atomic E-state index is 13.0. The molecule has 3 N–H and O–H groups in total. The number of carbonyl (C=O) groups is 5. The lowest BCUT2D eigenvalue weighted by atomic mass is 9.88. The molecule has 2 aliphatic carbocycles. The van der Waals surface area contributed by atoms with Gasteiger partial charge >= 0.3 is 30.3 Å². The first-order valence-corrected chi connectivity index (χ1v) is 34.5. The molecule has 0 atom stereocenters. The second-order valence-corrected chi connectivity index (χ2v) is 27.7. The van der Waals surface area contributed by atoms with Crippen LogP contribution in [0.1, 0.15) is 119 Å². The second kappa shape index (κ2) is 34.0. The topological polar surface area (TPSA) is 220 Å². The summed E-state index contributed by atoms with van der Waals surface area (Å²) < 4.78 is 5.44. The van der Waals surface area contributed by atoms with Crippen molar-refractivity contribution in [3.63, 3.8) is 0 Å². The first-order valence-electron chi connectivity index (χ1n) is 34.5. The Hall–Kier alpha value is -9.33. The molecule has 8 amide bonds. The zero-order valence-corrected chi connectivity index (χ0v) is 57.8. The Morgan fingerprint density at radius 1 is 0.444 bits per heavy atom. The summed E-state index contributed by atoms with van der Waals surface area (Å²) in [6.45, 7) is 39.2. The number of halogens is 1. The van der Waals surface area contributed by atoms with E-state index in [0.717, 1.165) is 144 Å². The molecule has 6 aromatic rings. The highest BCUT2D eigenvalue weighted by atomic mass is 35.5. The van der Waals surface area contributed by atoms with Crippen LogP contribution in [0.3, 0.4) is 0 Å². The lowest BCUT2D eigenvalue weighted by Gasteiger charge is -2.40. The molecule has 23 heteroatoms. The second-order valence-electron chi connectivity index (χ2n) is 27.7. The molecule has 8 aliphatic rings. The molecule has 0 radical (unpaired) electrons. The van der Waals surface area contributed by atoms with Gasteiger partial charge in [-0.3, -0.25) is 4.79 Å². The Morgan fingerprint density at radius 2 is 0.717 bits per heavy atom. The number of carbonyl (C=O) groups excluding carboxylic acids is 7. The van der Waals surface area contributed by atoms with Crippen molar-refractivity contribution in [2.24, 2.45) is 0 Å². The van der Waals surface area contributed by atoms with Crippen molar-refractivity contribution in [2.45, 2.75) is 120 Å². The van der Waals surface area contributed by atoms with Crippen LogP contribution in [0.15, 0.2) is 109 Å². The molecule has 0 unspecified atom stereocenters. The molecule has 0 aromatic heterocycles. The van der Waals surface area contributed by atoms with Crippen LogP contribution in [-0.4, -0.2) is 221 Å². The normalized spacial score (nSPS) is 18.7. The van der Waals surface area contributed by atoms with E-state index >= 15 is 0 Å². The molecule has 0 spiro atoms. The minimum atomic E-state index is -1.13. The molecule has 6 saturated heterocycles. The number of piperidine rings is 3. The zero-order chi connectivity index (χ0) is 69.5. The molecular formula is C76H91ClN12O10. The molecule has 2 saturated carbocycles. The fourth-order valence-corrected chi connectivity index (χ4v) is 13.6. The zero-order valence-electron chi connectivity index (χ0n) is 57.0. The molecule has 8 fully saturated rings. The molecule has 522 valence electrons. The number of piperazine rings is 3. The van der Waals surface area contributed by atoms with Crippen molar-refractivity contribution in [3.8, 4) is 0 Å². The summed E-state index contributed by atoms with van der Waals surface area (Å²) in [6.07, 6.45) is 9.00. The highest BCUT2D eigenvalue weighted by molar-refractivity contribution is 5.90. The van der Waals surface area contributed by atoms with Crippen molar-refractivity contribution in [2.75, 3.05) is 118 Å². The molecule has 14 rings (SSSR count). The van der Waals surface area contributed by atoms with Crippen LogP contribution in [0.5, 0.6) is 0 Å². The Kier molecular flexibility index (Phi) is 25.3. The number of rotatable bonds is 4. The van der Waals surface area contributed by atoms with E-state index in [1.165, 1.54) is 22.1 Å². The van der Waals surface area contributed by atoms with E-state index in [2.05, 4.69) is 74.4 Å². The number of benzene rings is 6. The Bertz CT molecular complexity index is 3990. The largest absolute Gasteiger partial charge is 0.444 e. The van der Waals surface area contributed by atoms with Crippen molar-refractivity contribution in [1.82, 2.24) is 44.5 Å². The number of aliphatic hydroxyl groups excluding tert-OH is 1. The van der Waals surface area contributed by atoms with Gasteiger partial charge in [0.2, 0.25) is 0 Å². The number of urea groups is 3. The highest BCUT2D eigenvalue weighted by Crippen LogP contribution is 2.38. The highest BCUT2D eigenvalue weighted by Gasteiger charge is 2.50. The van der Waals surface area contributed by atoms with Gasteiger partial charge in [0.1, 0.15) is 11.2 Å². The summed E-state index contributed by atoms with van der Waals surface area (Å²) in [7, 11) is 0. The fraction of sp³-hybridized carbons (Fsp3) is 0.487. The Labute approximate surface area is 586 Å². The van der Waals surface area contributed by atoms with Crippen LogP contribution < -0.4 is 5.32 Å². The lowest BCUT2D eigenvalue weighted by molar-refractivity contribution is -0.191. The lowest BCUT2D eigenvalue weighted by Crippen LogP contribution is -2.56. The van der Waals surface area contributed by atoms with Gasteiger partial charge in [-0.1, -0.05) is 91.0 Å². The van der Waals surface area contributed by atoms with Gasteiger partial charge in [-0.05, 0) is 170 Å². The van der Waals surface area contributed by atoms with Gasteiger partial charge in [0, 0.05) is 118 Å². The number of fused-ring (bicyclic) bond motifs is 3. The van der Waals surface area contributed by atoms with E-state index in [1.54, 1.807) is 9.80 Å². The van der Waals surface area contributed by atoms with E-state index in [0.29, 0.717) is 100 Å². The van der Waals surface area contributed by atoms with E-state index in [4.69, 9.17) is 39.1 Å². The number of nitrogens with one attached hydrogen (secondary N) is 1. The molecule has 22 nitrogen and oxygen atoms in total. The molecular weight excluding hydrogens is 1280 g/mol. The summed E-state index contributed by atoms with van der Waals surface area (Å²) in [5.41, 5.74) is 4.31. The third-order valence-electron chi connectivity index (χ3n) is 19.7. The van der Waals surface area contributed by atoms with Crippen molar-refractivity contribution in [1.29, 1.82) is 0 Å². The van der Waals surface area contributed by atoms with Crippen molar-refractivity contribution >= 4 is 98.0 Å². The molecule has 6 aliphatic heterocycles. The third-order valence-corrected chi connectivity index (χ3v) is 19.7. The predicted octanol–water partition coefficient (Wildman–Crippen LogP) is 12.2. The minimum Gasteiger partial charge on any atom is -0.444 e. The van der Waals surface area contributed by atoms with Gasteiger partial charge in [-0.2, -0.15) is 9.59 Å². The number of likely N-dealkylation sites (tertiary alicyclic amines) is 3. The smallest absolute Gasteiger partial charge is 0.410 e. The van der Waals surface area contributed by atoms with Gasteiger partial charge in [0.25, 0.3) is 5.91 Å². The maximum Gasteiger partial charge on any atom is 0.410 e. The molecule has 99 heavy (non-hydrogen) atoms. The van der Waals surface area contributed by atoms with Crippen LogP contribution in [0.4, 0.5) is 36.2 Å². The van der Waals surface area contributed by atoms with Crippen molar-refractivity contribution < 1.29 is 48.5 Å². The SMILES string of the molecule is Cl.O=C=O.OC1CC1.[C-]#[N+]c1ccc2cc(C3CCN(C(=O)N4CCN(C(=O)C5(O)CC5)CC4)CC3)ccc2c1.[C-]#[N+]c1ccc2cc(C3CCN(C(=O)N4CCN(C(=O)OC(C)(C)C)CC4)CC3)ccc2c1.[C-]#[N+]c1ccc2cc(C3CCN(C(=O)N4CCNCC4)CC3)ccc2c1. The van der Waals surface area contributed by atoms with Crippen LogP contribution >= 0.6 is 12.4 Å². The predicted molar refractivity (Wildman–Crippen MR) is 381 cm³/mol. The van der Waals surface area contributed by atoms with Gasteiger partial charge in [0.15, 0.2) is 17.1 Å². The molecule has 6 heterocycles. The number of hydrogen-bond donors (Lipinski definition) is 3. The average molecular weight is 1370 g/mol. The number of hydrogen-bond acceptors (Lipinski definition) is 11. The summed E-state index contributed by atoms with van der Waals surface area (Å²) in [5.74, 6) is 1.19. The Morgan fingerprint density at radius 3 is 1.01 bits per heavy atom. The average Bonchev–Trinajstić information content (AvgIpc) is 1.71. The fourth-order valence-electron chi connectivity index (χ4n) is 13.6. The van der Waals surface area contributed by atoms with Crippen LogP contribution in [0, 0.1) is 19.7 Å². The van der Waals surface area contributed by atoms with Gasteiger partial charge in [-0.15, -0.1) is 12.4 Å². The van der Waals surface area contributed by atoms with E-state index in [-0.39, 0.29) is 54.8 Å². The van der Waals surface area contributed by atoms with Crippen LogP contribution in [0.2, 0.25) is 0 Å². The van der Waals surface area contributed by atoms with E-state index in [9.17, 15) is 29.1 Å². The first-order chi connectivity index (χ1) is 47.2. The molecule has 6 aromatic carbocycles. The third kappa shape index (κ3) is 19.7. The standard InChI is InChI=1S/C26H32N4O3.C25H28N4O3.C21H24N4O.C3H6O.CO2.ClH/c1-26(2,3)33-25(32)30-15-13-29(14-16-30)24(31)28-11-9-19(10-12-28)20-5-6-22-18-23(27-4)8-7-21(22)17-20;1-26-22-5-4-20-16-19(2-3-21(20)17-22)18-6-10-28(11-7-18)24(31)29-14-12-27(13-15-29)23(30)25(32)8-9-25;1-22-20-5-4-18-14-17(2-3-19(18)15-20)16-6-10-24(11-7-16)21(26)25-12-8-23-9-13-25;4-3-1-2-3;2-1-3;/h5-8,17-19H,9-16H2,1-3H3;2-5,16-18,32H,6-15H2;2-5,14-16,23H,6-13H2;3-4H,1-2H2;;1H. The Balaban J connectivity index is 0.000000165. The number of amides is 8. The molecule has 0 bridgehead atoms. The van der Waals surface area contributed by atoms with Crippen LogP contribution in [0.25, 0.3) is 46.9 Å². The van der Waals surface area contributed by atoms with Gasteiger partial charge in [-0.25, -0.2) is 33.7 Å². The summed E-state index contributed by atoms with van der Waals surface area (Å²) in [6, 6.07) is 37.3. The van der Waals surface area contributed by atoms with E-state index < -0.39 is 11.2 Å². The monoisotopic (exact) mass is 1370 g/mol. The van der Waals surface area contributed by atoms with Crippen LogP contribution in [-0.2, 0) is 19.1 Å². The summed E-state index contributed by atoms with van der Waals surface area (Å²) in [4.78, 5) is 105. The van der Waals surface area contributed by atoms with Gasteiger partial charge in [0.05, 0.1) is 25.8 Å². The van der Waals surface area contributed by atoms with Crippen molar-refractivity contribution in [3.05, 3.63) is 160 Å². The first kappa shape index (κ1) is 73.9. The minimum absolute atomic E-state index is 0. The maximum atomic E-state index is 13.0. The number of nitrogens with zero attached hydrogens (tertiary/aromatic N) is 11. The van der Waals surface area contributed by atoms with E-state index in [1.807, 2.05) is 105 Å². The quantitative estimate of drug-likeness (QED) is 0.141. The summed E-state index contributed by atoms with van der Waals surface area (Å²) >= 11 is 0. The number of ether oxygens (including phenoxy) is 1. The van der Waals surface area contributed by atoms with Gasteiger partial charge < -0.3 is 59.5 Å². The number of aliphatic hydroxyl groups is 2.